The Labute approximate surface area is 124 Å². The topological polar surface area (TPSA) is 15.3 Å². The van der Waals surface area contributed by atoms with Gasteiger partial charge in [-0.1, -0.05) is 30.3 Å². The number of anilines is 1. The van der Waals surface area contributed by atoms with Gasteiger partial charge in [0.1, 0.15) is 5.82 Å². The summed E-state index contributed by atoms with van der Waals surface area (Å²) in [6, 6.07) is 14.5. The van der Waals surface area contributed by atoms with Crippen molar-refractivity contribution in [2.45, 2.75) is 13.5 Å². The summed E-state index contributed by atoms with van der Waals surface area (Å²) in [7, 11) is 1.89. The van der Waals surface area contributed by atoms with Crippen molar-refractivity contribution >= 4 is 23.0 Å². The van der Waals surface area contributed by atoms with Crippen LogP contribution in [-0.2, 0) is 6.54 Å². The zero-order valence-corrected chi connectivity index (χ0v) is 12.4. The van der Waals surface area contributed by atoms with Crippen molar-refractivity contribution in [3.63, 3.8) is 0 Å². The highest BCUT2D eigenvalue weighted by Crippen LogP contribution is 2.14. The molecular weight excluding hydrogens is 271 g/mol. The molecule has 0 saturated heterocycles. The molecule has 0 unspecified atom stereocenters. The Morgan fingerprint density at radius 3 is 2.65 bits per heavy atom. The Morgan fingerprint density at radius 1 is 1.20 bits per heavy atom. The second kappa shape index (κ2) is 6.48. The molecule has 0 fully saturated rings. The number of rotatable bonds is 3. The van der Waals surface area contributed by atoms with Crippen molar-refractivity contribution in [3.05, 3.63) is 65.5 Å². The van der Waals surface area contributed by atoms with Crippen LogP contribution in [0.15, 0.2) is 48.5 Å². The first-order valence-electron chi connectivity index (χ1n) is 6.38. The Balaban J connectivity index is 2.01. The fraction of sp³-hybridized carbons (Fsp3) is 0.188. The minimum absolute atomic E-state index is 0.228. The van der Waals surface area contributed by atoms with Gasteiger partial charge in [-0.15, -0.1) is 0 Å². The highest BCUT2D eigenvalue weighted by Gasteiger charge is 2.07. The van der Waals surface area contributed by atoms with E-state index in [1.54, 1.807) is 6.07 Å². The average molecular weight is 288 g/mol. The standard InChI is InChI=1S/C16H17FN2S/c1-12-6-3-4-9-15(12)18-16(20)19(2)11-13-7-5-8-14(17)10-13/h3-10H,11H2,1-2H3,(H,18,20). The predicted molar refractivity (Wildman–Crippen MR) is 85.3 cm³/mol. The summed E-state index contributed by atoms with van der Waals surface area (Å²) in [6.07, 6.45) is 0. The first-order valence-corrected chi connectivity index (χ1v) is 6.79. The van der Waals surface area contributed by atoms with Crippen LogP contribution in [0.25, 0.3) is 0 Å². The quantitative estimate of drug-likeness (QED) is 0.861. The van der Waals surface area contributed by atoms with Crippen LogP contribution in [0, 0.1) is 12.7 Å². The van der Waals surface area contributed by atoms with Gasteiger partial charge < -0.3 is 10.2 Å². The van der Waals surface area contributed by atoms with Crippen LogP contribution < -0.4 is 5.32 Å². The molecule has 2 aromatic rings. The van der Waals surface area contributed by atoms with Crippen molar-refractivity contribution < 1.29 is 4.39 Å². The van der Waals surface area contributed by atoms with Crippen LogP contribution in [-0.4, -0.2) is 17.1 Å². The van der Waals surface area contributed by atoms with Gasteiger partial charge in [0.15, 0.2) is 5.11 Å². The maximum absolute atomic E-state index is 13.2. The van der Waals surface area contributed by atoms with Crippen LogP contribution in [0.4, 0.5) is 10.1 Å². The first kappa shape index (κ1) is 14.5. The Hall–Kier alpha value is -1.94. The number of nitrogens with one attached hydrogen (secondary N) is 1. The largest absolute Gasteiger partial charge is 0.348 e. The van der Waals surface area contributed by atoms with Gasteiger partial charge in [-0.25, -0.2) is 4.39 Å². The molecule has 0 aliphatic carbocycles. The summed E-state index contributed by atoms with van der Waals surface area (Å²) in [5.41, 5.74) is 3.01. The molecule has 4 heteroatoms. The van der Waals surface area contributed by atoms with E-state index in [4.69, 9.17) is 12.2 Å². The van der Waals surface area contributed by atoms with Gasteiger partial charge in [-0.3, -0.25) is 0 Å². The van der Waals surface area contributed by atoms with Gasteiger partial charge in [0.25, 0.3) is 0 Å². The van der Waals surface area contributed by atoms with E-state index in [-0.39, 0.29) is 5.82 Å². The lowest BCUT2D eigenvalue weighted by atomic mass is 10.2. The molecule has 104 valence electrons. The number of aryl methyl sites for hydroxylation is 1. The van der Waals surface area contributed by atoms with Crippen molar-refractivity contribution in [2.75, 3.05) is 12.4 Å². The minimum Gasteiger partial charge on any atom is -0.348 e. The average Bonchev–Trinajstić information content (AvgIpc) is 2.41. The molecule has 1 N–H and O–H groups in total. The van der Waals surface area contributed by atoms with E-state index >= 15 is 0 Å². The summed E-state index contributed by atoms with van der Waals surface area (Å²) < 4.78 is 13.2. The normalized spacial score (nSPS) is 10.2. The highest BCUT2D eigenvalue weighted by atomic mass is 32.1. The van der Waals surface area contributed by atoms with Gasteiger partial charge in [0, 0.05) is 19.3 Å². The molecule has 0 aliphatic rings. The molecule has 2 aromatic carbocycles. The number of hydrogen-bond acceptors (Lipinski definition) is 1. The maximum atomic E-state index is 13.2. The molecule has 0 bridgehead atoms. The third kappa shape index (κ3) is 3.78. The molecule has 2 nitrogen and oxygen atoms in total. The van der Waals surface area contributed by atoms with E-state index < -0.39 is 0 Å². The second-order valence-corrected chi connectivity index (χ2v) is 5.12. The van der Waals surface area contributed by atoms with Crippen molar-refractivity contribution in [3.8, 4) is 0 Å². The lowest BCUT2D eigenvalue weighted by molar-refractivity contribution is 0.505. The molecule has 0 atom stereocenters. The van der Waals surface area contributed by atoms with Crippen LogP contribution in [0.2, 0.25) is 0 Å². The van der Waals surface area contributed by atoms with E-state index in [2.05, 4.69) is 5.32 Å². The van der Waals surface area contributed by atoms with Gasteiger partial charge in [0.2, 0.25) is 0 Å². The van der Waals surface area contributed by atoms with E-state index in [0.717, 1.165) is 16.8 Å². The molecule has 0 heterocycles. The summed E-state index contributed by atoms with van der Waals surface area (Å²) in [5, 5.41) is 3.82. The summed E-state index contributed by atoms with van der Waals surface area (Å²) in [4.78, 5) is 1.89. The van der Waals surface area contributed by atoms with Gasteiger partial charge in [-0.05, 0) is 48.5 Å². The fourth-order valence-corrected chi connectivity index (χ4v) is 2.08. The Bertz CT molecular complexity index is 613. The number of thiocarbonyl (C=S) groups is 1. The number of benzene rings is 2. The number of hydrogen-bond donors (Lipinski definition) is 1. The molecule has 2 rings (SSSR count). The monoisotopic (exact) mass is 288 g/mol. The maximum Gasteiger partial charge on any atom is 0.173 e. The molecule has 0 radical (unpaired) electrons. The third-order valence-electron chi connectivity index (χ3n) is 3.04. The van der Waals surface area contributed by atoms with Crippen LogP contribution >= 0.6 is 12.2 Å². The second-order valence-electron chi connectivity index (χ2n) is 4.73. The zero-order valence-electron chi connectivity index (χ0n) is 11.6. The summed E-state index contributed by atoms with van der Waals surface area (Å²) in [6.45, 7) is 2.59. The van der Waals surface area contributed by atoms with Crippen molar-refractivity contribution in [2.24, 2.45) is 0 Å². The number of nitrogens with zero attached hydrogens (tertiary/aromatic N) is 1. The molecule has 0 aliphatic heterocycles. The zero-order chi connectivity index (χ0) is 14.5. The van der Waals surface area contributed by atoms with Crippen molar-refractivity contribution in [1.29, 1.82) is 0 Å². The minimum atomic E-state index is -0.228. The molecule has 0 spiro atoms. The van der Waals surface area contributed by atoms with E-state index in [0.29, 0.717) is 11.7 Å². The van der Waals surface area contributed by atoms with Crippen molar-refractivity contribution in [1.82, 2.24) is 4.90 Å². The molecule has 0 aromatic heterocycles. The Kier molecular flexibility index (Phi) is 4.69. The SMILES string of the molecule is Cc1ccccc1NC(=S)N(C)Cc1cccc(F)c1. The number of halogens is 1. The Morgan fingerprint density at radius 2 is 1.95 bits per heavy atom. The van der Waals surface area contributed by atoms with Gasteiger partial charge in [0.05, 0.1) is 0 Å². The summed E-state index contributed by atoms with van der Waals surface area (Å²) in [5.74, 6) is -0.228. The number of para-hydroxylation sites is 1. The lowest BCUT2D eigenvalue weighted by Crippen LogP contribution is -2.30. The molecule has 0 amide bonds. The molecular formula is C16H17FN2S. The van der Waals surface area contributed by atoms with Crippen LogP contribution in [0.1, 0.15) is 11.1 Å². The van der Waals surface area contributed by atoms with Crippen LogP contribution in [0.3, 0.4) is 0 Å². The predicted octanol–water partition coefficient (Wildman–Crippen LogP) is 3.96. The van der Waals surface area contributed by atoms with E-state index in [1.165, 1.54) is 12.1 Å². The summed E-state index contributed by atoms with van der Waals surface area (Å²) >= 11 is 5.37. The lowest BCUT2D eigenvalue weighted by Gasteiger charge is -2.22. The third-order valence-corrected chi connectivity index (χ3v) is 3.46. The first-order chi connectivity index (χ1) is 9.56. The highest BCUT2D eigenvalue weighted by molar-refractivity contribution is 7.80. The van der Waals surface area contributed by atoms with E-state index in [9.17, 15) is 4.39 Å². The van der Waals surface area contributed by atoms with E-state index in [1.807, 2.05) is 49.2 Å². The van der Waals surface area contributed by atoms with Gasteiger partial charge >= 0.3 is 0 Å². The molecule has 0 saturated carbocycles. The fourth-order valence-electron chi connectivity index (χ4n) is 1.90. The molecule has 20 heavy (non-hydrogen) atoms. The van der Waals surface area contributed by atoms with Gasteiger partial charge in [-0.2, -0.15) is 0 Å². The smallest absolute Gasteiger partial charge is 0.173 e. The van der Waals surface area contributed by atoms with Crippen LogP contribution in [0.5, 0.6) is 0 Å².